The number of hydrogen-bond acceptors (Lipinski definition) is 5. The fraction of sp³-hybridized carbons (Fsp3) is 0.250. The van der Waals surface area contributed by atoms with Crippen molar-refractivity contribution in [1.29, 1.82) is 0 Å². The molecule has 1 atom stereocenters. The van der Waals surface area contributed by atoms with E-state index in [1.807, 2.05) is 30.5 Å². The van der Waals surface area contributed by atoms with Gasteiger partial charge in [0.1, 0.15) is 17.2 Å². The highest BCUT2D eigenvalue weighted by Gasteiger charge is 2.34. The van der Waals surface area contributed by atoms with E-state index >= 15 is 0 Å². The average Bonchev–Trinajstić information content (AvgIpc) is 3.46. The zero-order valence-electron chi connectivity index (χ0n) is 19.3. The first-order chi connectivity index (χ1) is 17.1. The van der Waals surface area contributed by atoms with Crippen LogP contribution in [0.1, 0.15) is 24.8 Å². The molecule has 7 heteroatoms. The fourth-order valence-electron chi connectivity index (χ4n) is 5.30. The molecule has 6 nitrogen and oxygen atoms in total. The van der Waals surface area contributed by atoms with Gasteiger partial charge in [0.15, 0.2) is 5.42 Å². The van der Waals surface area contributed by atoms with Crippen LogP contribution in [-0.4, -0.2) is 34.4 Å². The maximum Gasteiger partial charge on any atom is 0.223 e. The Kier molecular flexibility index (Phi) is 5.32. The summed E-state index contributed by atoms with van der Waals surface area (Å²) in [6.45, 7) is 0.796. The second-order valence-corrected chi connectivity index (χ2v) is 9.05. The highest BCUT2D eigenvalue weighted by Crippen LogP contribution is 2.33. The van der Waals surface area contributed by atoms with Gasteiger partial charge in [0.2, 0.25) is 5.91 Å². The predicted molar refractivity (Wildman–Crippen MR) is 129 cm³/mol. The number of pyridine rings is 2. The number of furan rings is 1. The third kappa shape index (κ3) is 3.77. The van der Waals surface area contributed by atoms with Crippen molar-refractivity contribution in [1.82, 2.24) is 14.9 Å². The van der Waals surface area contributed by atoms with Crippen molar-refractivity contribution in [2.45, 2.75) is 25.8 Å². The van der Waals surface area contributed by atoms with Crippen molar-refractivity contribution < 1.29 is 18.3 Å². The van der Waals surface area contributed by atoms with Crippen molar-refractivity contribution in [2.75, 3.05) is 13.7 Å². The number of benzene rings is 1. The molecule has 1 saturated heterocycles. The second kappa shape index (κ2) is 8.65. The van der Waals surface area contributed by atoms with Crippen LogP contribution < -0.4 is 10.6 Å². The van der Waals surface area contributed by atoms with Crippen molar-refractivity contribution >= 4 is 28.2 Å². The summed E-state index contributed by atoms with van der Waals surface area (Å²) in [6, 6.07) is 10.7. The standard InChI is InChI=1S/C28H24FN3O3/c1-34-25-7-6-21(27-22-14-31-10-8-24(22)35-28(25)27)20-12-26(33)32(16-20)15-19-5-4-17(11-23(19)29)18-3-2-9-30-13-18/h2-5,8-11,13-14,20H,6-7,12,15-16H2,1H3. The number of nitrogens with zero attached hydrogens (tertiary/aromatic N) is 3. The molecule has 0 bridgehead atoms. The van der Waals surface area contributed by atoms with Gasteiger partial charge >= 0.3 is 0 Å². The molecule has 0 radical (unpaired) electrons. The summed E-state index contributed by atoms with van der Waals surface area (Å²) < 4.78 is 26.7. The minimum Gasteiger partial charge on any atom is -0.497 e. The SMILES string of the molecule is COC1=c2oc3ccncc3c2=C(C2CC(=O)N(Cc3ccc(-c4cccnc4)cc3F)C2)CC1. The van der Waals surface area contributed by atoms with Crippen LogP contribution in [0.15, 0.2) is 65.6 Å². The van der Waals surface area contributed by atoms with E-state index in [1.165, 1.54) is 11.6 Å². The Bertz CT molecular complexity index is 1560. The summed E-state index contributed by atoms with van der Waals surface area (Å²) >= 11 is 0. The second-order valence-electron chi connectivity index (χ2n) is 9.05. The van der Waals surface area contributed by atoms with E-state index in [2.05, 4.69) is 9.97 Å². The van der Waals surface area contributed by atoms with E-state index in [-0.39, 0.29) is 24.2 Å². The van der Waals surface area contributed by atoms with E-state index in [0.717, 1.165) is 51.3 Å². The van der Waals surface area contributed by atoms with Crippen LogP contribution in [0.2, 0.25) is 0 Å². The maximum atomic E-state index is 15.0. The van der Waals surface area contributed by atoms with Crippen LogP contribution in [0, 0.1) is 11.7 Å². The third-order valence-corrected chi connectivity index (χ3v) is 7.05. The Morgan fingerprint density at radius 1 is 1.11 bits per heavy atom. The zero-order valence-corrected chi connectivity index (χ0v) is 19.3. The highest BCUT2D eigenvalue weighted by atomic mass is 19.1. The Labute approximate surface area is 201 Å². The molecule has 0 saturated carbocycles. The van der Waals surface area contributed by atoms with E-state index < -0.39 is 0 Å². The van der Waals surface area contributed by atoms with Gasteiger partial charge < -0.3 is 14.1 Å². The smallest absolute Gasteiger partial charge is 0.223 e. The Morgan fingerprint density at radius 2 is 2.00 bits per heavy atom. The number of hydrogen-bond donors (Lipinski definition) is 0. The molecule has 0 N–H and O–H groups in total. The van der Waals surface area contributed by atoms with Gasteiger partial charge in [0.25, 0.3) is 0 Å². The van der Waals surface area contributed by atoms with Gasteiger partial charge in [-0.1, -0.05) is 23.8 Å². The van der Waals surface area contributed by atoms with E-state index in [1.54, 1.807) is 36.7 Å². The molecule has 1 fully saturated rings. The van der Waals surface area contributed by atoms with Gasteiger partial charge in [-0.15, -0.1) is 0 Å². The molecule has 1 unspecified atom stereocenters. The van der Waals surface area contributed by atoms with E-state index in [9.17, 15) is 9.18 Å². The molecule has 4 aromatic rings. The molecule has 1 aliphatic carbocycles. The maximum absolute atomic E-state index is 15.0. The largest absolute Gasteiger partial charge is 0.497 e. The molecule has 3 aromatic heterocycles. The molecule has 6 rings (SSSR count). The van der Waals surface area contributed by atoms with Crippen molar-refractivity contribution in [3.8, 4) is 11.1 Å². The Hall–Kier alpha value is -4.00. The zero-order chi connectivity index (χ0) is 23.9. The van der Waals surface area contributed by atoms with E-state index in [0.29, 0.717) is 18.5 Å². The number of ether oxygens (including phenoxy) is 1. The normalized spacial score (nSPS) is 17.8. The number of rotatable bonds is 5. The number of amides is 1. The summed E-state index contributed by atoms with van der Waals surface area (Å²) in [5, 5.41) is 1.94. The van der Waals surface area contributed by atoms with Gasteiger partial charge in [-0.05, 0) is 30.2 Å². The van der Waals surface area contributed by atoms with Crippen LogP contribution in [0.25, 0.3) is 33.4 Å². The summed E-state index contributed by atoms with van der Waals surface area (Å²) in [6.07, 6.45) is 8.83. The monoisotopic (exact) mass is 469 g/mol. The van der Waals surface area contributed by atoms with Gasteiger partial charge in [-0.25, -0.2) is 4.39 Å². The summed E-state index contributed by atoms with van der Waals surface area (Å²) in [5.41, 5.74) is 4.81. The number of methoxy groups -OCH3 is 1. The van der Waals surface area contributed by atoms with Crippen LogP contribution >= 0.6 is 0 Å². The first-order valence-electron chi connectivity index (χ1n) is 11.7. The number of carbonyl (C=O) groups excluding carboxylic acids is 1. The summed E-state index contributed by atoms with van der Waals surface area (Å²) in [5.74, 6) is 0.573. The summed E-state index contributed by atoms with van der Waals surface area (Å²) in [4.78, 5) is 23.1. The van der Waals surface area contributed by atoms with Crippen LogP contribution in [0.5, 0.6) is 0 Å². The van der Waals surface area contributed by atoms with Crippen LogP contribution in [0.3, 0.4) is 0 Å². The topological polar surface area (TPSA) is 68.5 Å². The number of fused-ring (bicyclic) bond motifs is 3. The fourth-order valence-corrected chi connectivity index (χ4v) is 5.30. The van der Waals surface area contributed by atoms with Crippen LogP contribution in [-0.2, 0) is 16.1 Å². The first kappa shape index (κ1) is 21.5. The molecule has 2 aliphatic rings. The lowest BCUT2D eigenvalue weighted by Crippen LogP contribution is -2.33. The predicted octanol–water partition coefficient (Wildman–Crippen LogP) is 3.78. The lowest BCUT2D eigenvalue weighted by molar-refractivity contribution is -0.128. The van der Waals surface area contributed by atoms with Crippen molar-refractivity contribution in [3.05, 3.63) is 83.2 Å². The Balaban J connectivity index is 1.31. The number of halogens is 1. The van der Waals surface area contributed by atoms with Gasteiger partial charge in [0, 0.05) is 78.4 Å². The number of likely N-dealkylation sites (tertiary alicyclic amines) is 1. The quantitative estimate of drug-likeness (QED) is 0.445. The summed E-state index contributed by atoms with van der Waals surface area (Å²) in [7, 11) is 1.66. The first-order valence-corrected chi connectivity index (χ1v) is 11.7. The molecule has 1 amide bonds. The molecule has 35 heavy (non-hydrogen) atoms. The van der Waals surface area contributed by atoms with Gasteiger partial charge in [-0.3, -0.25) is 14.8 Å². The molecule has 1 aliphatic heterocycles. The lowest BCUT2D eigenvalue weighted by atomic mass is 9.89. The average molecular weight is 470 g/mol. The third-order valence-electron chi connectivity index (χ3n) is 7.05. The minimum absolute atomic E-state index is 0.0345. The van der Waals surface area contributed by atoms with Gasteiger partial charge in [0.05, 0.1) is 7.11 Å². The van der Waals surface area contributed by atoms with Crippen molar-refractivity contribution in [3.63, 3.8) is 0 Å². The molecule has 1 aromatic carbocycles. The molecular formula is C28H24FN3O3. The minimum atomic E-state index is -0.318. The number of aromatic nitrogens is 2. The molecular weight excluding hydrogens is 445 g/mol. The van der Waals surface area contributed by atoms with Crippen molar-refractivity contribution in [2.24, 2.45) is 5.92 Å². The lowest BCUT2D eigenvalue weighted by Gasteiger charge is -2.20. The molecule has 176 valence electrons. The van der Waals surface area contributed by atoms with E-state index in [4.69, 9.17) is 9.15 Å². The molecule has 0 spiro atoms. The highest BCUT2D eigenvalue weighted by molar-refractivity contribution is 5.85. The van der Waals surface area contributed by atoms with Gasteiger partial charge in [-0.2, -0.15) is 0 Å². The number of carbonyl (C=O) groups is 1. The Morgan fingerprint density at radius 3 is 2.80 bits per heavy atom. The molecule has 4 heterocycles. The van der Waals surface area contributed by atoms with Crippen LogP contribution in [0.4, 0.5) is 4.39 Å².